The average Bonchev–Trinajstić information content (AvgIpc) is 2.90. The Kier molecular flexibility index (Phi) is 4.25. The lowest BCUT2D eigenvalue weighted by Gasteiger charge is -2.07. The second-order valence-electron chi connectivity index (χ2n) is 4.39. The zero-order chi connectivity index (χ0) is 13.7. The van der Waals surface area contributed by atoms with E-state index in [0.29, 0.717) is 24.4 Å². The molecule has 1 aromatic carbocycles. The van der Waals surface area contributed by atoms with E-state index in [1.54, 1.807) is 6.07 Å². The summed E-state index contributed by atoms with van der Waals surface area (Å²) in [4.78, 5) is 11.7. The van der Waals surface area contributed by atoms with E-state index in [1.807, 2.05) is 25.1 Å². The highest BCUT2D eigenvalue weighted by Crippen LogP contribution is 2.20. The largest absolute Gasteiger partial charge is 0.423 e. The van der Waals surface area contributed by atoms with Crippen molar-refractivity contribution < 1.29 is 9.21 Å². The van der Waals surface area contributed by atoms with Crippen molar-refractivity contribution in [1.82, 2.24) is 10.2 Å². The minimum atomic E-state index is -0.0556. The fraction of sp³-hybridized carbons (Fsp3) is 0.308. The van der Waals surface area contributed by atoms with Gasteiger partial charge >= 0.3 is 0 Å². The molecule has 1 heterocycles. The number of rotatable bonds is 5. The van der Waals surface area contributed by atoms with Gasteiger partial charge in [0.05, 0.1) is 0 Å². The minimum absolute atomic E-state index is 0.0236. The van der Waals surface area contributed by atoms with E-state index in [4.69, 9.17) is 10.2 Å². The van der Waals surface area contributed by atoms with Crippen LogP contribution in [0.2, 0.25) is 0 Å². The van der Waals surface area contributed by atoms with Crippen molar-refractivity contribution in [2.45, 2.75) is 25.8 Å². The molecule has 3 N–H and O–H groups in total. The van der Waals surface area contributed by atoms with Crippen LogP contribution < -0.4 is 11.1 Å². The number of anilines is 1. The van der Waals surface area contributed by atoms with Gasteiger partial charge in [0.15, 0.2) is 0 Å². The van der Waals surface area contributed by atoms with E-state index in [9.17, 15) is 4.79 Å². The third-order valence-corrected chi connectivity index (χ3v) is 2.58. The van der Waals surface area contributed by atoms with E-state index in [2.05, 4.69) is 15.5 Å². The number of carbonyl (C=O) groups excluding carboxylic acids is 1. The summed E-state index contributed by atoms with van der Waals surface area (Å²) in [6.45, 7) is 1.88. The number of carbonyl (C=O) groups is 1. The molecule has 2 rings (SSSR count). The molecule has 0 fully saturated rings. The lowest BCUT2D eigenvalue weighted by Crippen LogP contribution is -2.19. The maximum absolute atomic E-state index is 11.7. The lowest BCUT2D eigenvalue weighted by molar-refractivity contribution is -0.116. The molecular formula is C13H16N4O2. The van der Waals surface area contributed by atoms with Crippen molar-refractivity contribution in [3.8, 4) is 11.5 Å². The van der Waals surface area contributed by atoms with Crippen molar-refractivity contribution >= 4 is 11.6 Å². The highest BCUT2D eigenvalue weighted by Gasteiger charge is 2.07. The molecule has 0 aliphatic heterocycles. The second kappa shape index (κ2) is 6.10. The van der Waals surface area contributed by atoms with Crippen LogP contribution in [0.3, 0.4) is 0 Å². The fourth-order valence-corrected chi connectivity index (χ4v) is 1.61. The fourth-order valence-electron chi connectivity index (χ4n) is 1.61. The van der Waals surface area contributed by atoms with Crippen LogP contribution in [0.1, 0.15) is 19.8 Å². The smallest absolute Gasteiger partial charge is 0.247 e. The molecule has 0 radical (unpaired) electrons. The van der Waals surface area contributed by atoms with Gasteiger partial charge in [0.2, 0.25) is 18.2 Å². The summed E-state index contributed by atoms with van der Waals surface area (Å²) in [5, 5.41) is 10.3. The SMILES string of the molecule is CC(N)CCC(=O)Nc1cccc(-c2nnco2)c1. The standard InChI is InChI=1S/C13H16N4O2/c1-9(14)5-6-12(18)16-11-4-2-3-10(7-11)13-17-15-8-19-13/h2-4,7-9H,5-6,14H2,1H3,(H,16,18). The number of benzene rings is 1. The molecule has 6 nitrogen and oxygen atoms in total. The van der Waals surface area contributed by atoms with E-state index in [0.717, 1.165) is 5.56 Å². The van der Waals surface area contributed by atoms with Crippen molar-refractivity contribution in [2.75, 3.05) is 5.32 Å². The topological polar surface area (TPSA) is 94.0 Å². The van der Waals surface area contributed by atoms with Gasteiger partial charge in [0.25, 0.3) is 0 Å². The first-order valence-corrected chi connectivity index (χ1v) is 6.07. The molecule has 1 atom stereocenters. The maximum atomic E-state index is 11.7. The van der Waals surface area contributed by atoms with E-state index in [-0.39, 0.29) is 11.9 Å². The number of nitrogens with one attached hydrogen (secondary N) is 1. The number of hydrogen-bond donors (Lipinski definition) is 2. The Hall–Kier alpha value is -2.21. The molecule has 0 saturated carbocycles. The van der Waals surface area contributed by atoms with Crippen molar-refractivity contribution in [2.24, 2.45) is 5.73 Å². The number of hydrogen-bond acceptors (Lipinski definition) is 5. The van der Waals surface area contributed by atoms with Gasteiger partial charge in [-0.3, -0.25) is 4.79 Å². The molecule has 0 bridgehead atoms. The zero-order valence-electron chi connectivity index (χ0n) is 10.7. The highest BCUT2D eigenvalue weighted by molar-refractivity contribution is 5.91. The maximum Gasteiger partial charge on any atom is 0.247 e. The van der Waals surface area contributed by atoms with E-state index < -0.39 is 0 Å². The van der Waals surface area contributed by atoms with Gasteiger partial charge in [0, 0.05) is 23.7 Å². The van der Waals surface area contributed by atoms with Gasteiger partial charge < -0.3 is 15.5 Å². The third-order valence-electron chi connectivity index (χ3n) is 2.58. The Bertz CT molecular complexity index is 537. The molecule has 1 unspecified atom stereocenters. The van der Waals surface area contributed by atoms with Crippen LogP contribution in [-0.4, -0.2) is 22.1 Å². The minimum Gasteiger partial charge on any atom is -0.423 e. The Morgan fingerprint density at radius 2 is 2.37 bits per heavy atom. The van der Waals surface area contributed by atoms with Crippen LogP contribution in [0.25, 0.3) is 11.5 Å². The van der Waals surface area contributed by atoms with Crippen LogP contribution >= 0.6 is 0 Å². The molecular weight excluding hydrogens is 244 g/mol. The monoisotopic (exact) mass is 260 g/mol. The Morgan fingerprint density at radius 3 is 3.05 bits per heavy atom. The predicted molar refractivity (Wildman–Crippen MR) is 71.2 cm³/mol. The lowest BCUT2D eigenvalue weighted by atomic mass is 10.1. The van der Waals surface area contributed by atoms with Crippen LogP contribution in [0, 0.1) is 0 Å². The quantitative estimate of drug-likeness (QED) is 0.854. The molecule has 0 aliphatic carbocycles. The van der Waals surface area contributed by atoms with Crippen LogP contribution in [0.4, 0.5) is 5.69 Å². The van der Waals surface area contributed by atoms with E-state index in [1.165, 1.54) is 6.39 Å². The van der Waals surface area contributed by atoms with Crippen molar-refractivity contribution in [3.05, 3.63) is 30.7 Å². The van der Waals surface area contributed by atoms with Gasteiger partial charge in [-0.25, -0.2) is 0 Å². The Morgan fingerprint density at radius 1 is 1.53 bits per heavy atom. The van der Waals surface area contributed by atoms with E-state index >= 15 is 0 Å². The van der Waals surface area contributed by atoms with Gasteiger partial charge in [-0.1, -0.05) is 6.07 Å². The number of nitrogens with zero attached hydrogens (tertiary/aromatic N) is 2. The summed E-state index contributed by atoms with van der Waals surface area (Å²) in [6, 6.07) is 7.28. The van der Waals surface area contributed by atoms with Gasteiger partial charge in [-0.2, -0.15) is 0 Å². The molecule has 0 saturated heterocycles. The molecule has 1 aromatic heterocycles. The molecule has 2 aromatic rings. The molecule has 0 spiro atoms. The Labute approximate surface area is 111 Å². The first-order chi connectivity index (χ1) is 9.15. The first kappa shape index (κ1) is 13.2. The number of aromatic nitrogens is 2. The van der Waals surface area contributed by atoms with Gasteiger partial charge in [0.1, 0.15) is 0 Å². The van der Waals surface area contributed by atoms with Gasteiger partial charge in [-0.15, -0.1) is 10.2 Å². The van der Waals surface area contributed by atoms with Crippen LogP contribution in [0.15, 0.2) is 35.1 Å². The summed E-state index contributed by atoms with van der Waals surface area (Å²) < 4.78 is 5.11. The number of nitrogens with two attached hydrogens (primary N) is 1. The second-order valence-corrected chi connectivity index (χ2v) is 4.39. The highest BCUT2D eigenvalue weighted by atomic mass is 16.4. The summed E-state index contributed by atoms with van der Waals surface area (Å²) in [5.41, 5.74) is 7.08. The van der Waals surface area contributed by atoms with Crippen LogP contribution in [-0.2, 0) is 4.79 Å². The summed E-state index contributed by atoms with van der Waals surface area (Å²) in [6.07, 6.45) is 2.33. The van der Waals surface area contributed by atoms with Crippen molar-refractivity contribution in [1.29, 1.82) is 0 Å². The summed E-state index contributed by atoms with van der Waals surface area (Å²) in [5.74, 6) is 0.367. The third kappa shape index (κ3) is 3.89. The molecule has 19 heavy (non-hydrogen) atoms. The average molecular weight is 260 g/mol. The first-order valence-electron chi connectivity index (χ1n) is 6.07. The van der Waals surface area contributed by atoms with Crippen molar-refractivity contribution in [3.63, 3.8) is 0 Å². The summed E-state index contributed by atoms with van der Waals surface area (Å²) >= 11 is 0. The molecule has 1 amide bonds. The predicted octanol–water partition coefficient (Wildman–Crippen LogP) is 1.80. The number of amides is 1. The van der Waals surface area contributed by atoms with Gasteiger partial charge in [-0.05, 0) is 31.5 Å². The zero-order valence-corrected chi connectivity index (χ0v) is 10.7. The molecule has 6 heteroatoms. The molecule has 100 valence electrons. The molecule has 0 aliphatic rings. The Balaban J connectivity index is 2.01. The van der Waals surface area contributed by atoms with Crippen LogP contribution in [0.5, 0.6) is 0 Å². The normalized spacial score (nSPS) is 12.1. The summed E-state index contributed by atoms with van der Waals surface area (Å²) in [7, 11) is 0.